The van der Waals surface area contributed by atoms with Gasteiger partial charge in [-0.2, -0.15) is 0 Å². The fourth-order valence-electron chi connectivity index (χ4n) is 5.82. The zero-order valence-corrected chi connectivity index (χ0v) is 17.0. The predicted octanol–water partition coefficient (Wildman–Crippen LogP) is 2.45. The summed E-state index contributed by atoms with van der Waals surface area (Å²) in [6, 6.07) is 13.3. The van der Waals surface area contributed by atoms with Crippen molar-refractivity contribution in [1.82, 2.24) is 14.8 Å². The molecule has 2 saturated heterocycles. The van der Waals surface area contributed by atoms with Crippen LogP contribution >= 0.6 is 0 Å². The van der Waals surface area contributed by atoms with E-state index in [2.05, 4.69) is 17.1 Å². The van der Waals surface area contributed by atoms with Crippen molar-refractivity contribution in [3.8, 4) is 0 Å². The van der Waals surface area contributed by atoms with E-state index in [0.717, 1.165) is 31.2 Å². The third kappa shape index (κ3) is 2.85. The molecule has 5 rings (SSSR count). The van der Waals surface area contributed by atoms with Crippen molar-refractivity contribution in [2.24, 2.45) is 5.92 Å². The third-order valence-electron chi connectivity index (χ3n) is 7.19. The summed E-state index contributed by atoms with van der Waals surface area (Å²) in [7, 11) is 0. The van der Waals surface area contributed by atoms with Crippen LogP contribution in [0, 0.1) is 5.92 Å². The van der Waals surface area contributed by atoms with Crippen LogP contribution in [0.3, 0.4) is 0 Å². The highest BCUT2D eigenvalue weighted by Crippen LogP contribution is 2.54. The first-order valence-electron chi connectivity index (χ1n) is 10.8. The zero-order chi connectivity index (χ0) is 20.7. The van der Waals surface area contributed by atoms with Gasteiger partial charge in [-0.1, -0.05) is 43.2 Å². The van der Waals surface area contributed by atoms with Crippen molar-refractivity contribution in [3.63, 3.8) is 0 Å². The Bertz CT molecular complexity index is 921. The number of nitrogens with zero attached hydrogens (tertiary/aromatic N) is 3. The van der Waals surface area contributed by atoms with Crippen molar-refractivity contribution < 1.29 is 14.7 Å². The molecule has 2 aliphatic heterocycles. The van der Waals surface area contributed by atoms with Gasteiger partial charge in [0.2, 0.25) is 5.91 Å². The first-order valence-corrected chi connectivity index (χ1v) is 10.8. The molecule has 3 fully saturated rings. The van der Waals surface area contributed by atoms with Crippen molar-refractivity contribution in [2.75, 3.05) is 19.7 Å². The predicted molar refractivity (Wildman–Crippen MR) is 112 cm³/mol. The summed E-state index contributed by atoms with van der Waals surface area (Å²) in [5, 5.41) is 10.2. The number of likely N-dealkylation sites (tertiary alicyclic amines) is 2. The van der Waals surface area contributed by atoms with Gasteiger partial charge in [0.05, 0.1) is 23.8 Å². The molecule has 3 heterocycles. The Morgan fingerprint density at radius 2 is 1.80 bits per heavy atom. The average molecular weight is 405 g/mol. The standard InChI is InChI=1S/C24H27N3O3/c28-14-20-21(17-7-2-1-3-8-17)24(27(20)23(30)19-11-6-12-25-13-19)15-26(16-24)22(29)18-9-4-5-10-18/h1-3,6-8,11-13,18,20-21,28H,4-5,9-10,14-16H2/t20-,21+/m1/s1. The summed E-state index contributed by atoms with van der Waals surface area (Å²) < 4.78 is 0. The van der Waals surface area contributed by atoms with E-state index >= 15 is 0 Å². The maximum absolute atomic E-state index is 13.4. The van der Waals surface area contributed by atoms with E-state index in [1.807, 2.05) is 28.0 Å². The number of aromatic nitrogens is 1. The third-order valence-corrected chi connectivity index (χ3v) is 7.19. The fourth-order valence-corrected chi connectivity index (χ4v) is 5.82. The number of aliphatic hydroxyl groups is 1. The lowest BCUT2D eigenvalue weighted by atomic mass is 9.60. The van der Waals surface area contributed by atoms with Crippen LogP contribution in [-0.4, -0.2) is 63.0 Å². The first-order chi connectivity index (χ1) is 14.7. The lowest BCUT2D eigenvalue weighted by Gasteiger charge is -2.70. The molecule has 6 nitrogen and oxygen atoms in total. The molecule has 1 aromatic heterocycles. The van der Waals surface area contributed by atoms with E-state index in [9.17, 15) is 14.7 Å². The molecule has 1 spiro atoms. The second kappa shape index (κ2) is 7.51. The Morgan fingerprint density at radius 1 is 1.07 bits per heavy atom. The Labute approximate surface area is 176 Å². The molecule has 2 amide bonds. The number of amides is 2. The van der Waals surface area contributed by atoms with Gasteiger partial charge in [-0.25, -0.2) is 0 Å². The van der Waals surface area contributed by atoms with Crippen LogP contribution in [0.2, 0.25) is 0 Å². The molecule has 3 aliphatic rings. The number of carbonyl (C=O) groups is 2. The molecule has 1 N–H and O–H groups in total. The number of hydrogen-bond acceptors (Lipinski definition) is 4. The van der Waals surface area contributed by atoms with E-state index in [0.29, 0.717) is 18.7 Å². The van der Waals surface area contributed by atoms with Crippen molar-refractivity contribution >= 4 is 11.8 Å². The molecule has 2 atom stereocenters. The molecule has 1 saturated carbocycles. The highest BCUT2D eigenvalue weighted by Gasteiger charge is 2.68. The van der Waals surface area contributed by atoms with Crippen molar-refractivity contribution in [2.45, 2.75) is 43.2 Å². The molecule has 30 heavy (non-hydrogen) atoms. The molecule has 0 unspecified atom stereocenters. The van der Waals surface area contributed by atoms with Gasteiger partial charge >= 0.3 is 0 Å². The van der Waals surface area contributed by atoms with Gasteiger partial charge in [-0.15, -0.1) is 0 Å². The van der Waals surface area contributed by atoms with Gasteiger partial charge in [0.15, 0.2) is 0 Å². The van der Waals surface area contributed by atoms with E-state index in [1.165, 1.54) is 0 Å². The highest BCUT2D eigenvalue weighted by atomic mass is 16.3. The maximum Gasteiger partial charge on any atom is 0.256 e. The number of carbonyl (C=O) groups excluding carboxylic acids is 2. The Kier molecular flexibility index (Phi) is 4.82. The lowest BCUT2D eigenvalue weighted by molar-refractivity contribution is -0.181. The van der Waals surface area contributed by atoms with E-state index in [-0.39, 0.29) is 36.3 Å². The normalized spacial score (nSPS) is 25.1. The quantitative estimate of drug-likeness (QED) is 0.848. The highest BCUT2D eigenvalue weighted by molar-refractivity contribution is 5.96. The minimum Gasteiger partial charge on any atom is -0.394 e. The van der Waals surface area contributed by atoms with Crippen LogP contribution in [0.15, 0.2) is 54.9 Å². The first kappa shape index (κ1) is 19.2. The summed E-state index contributed by atoms with van der Waals surface area (Å²) in [6.07, 6.45) is 7.41. The summed E-state index contributed by atoms with van der Waals surface area (Å²) in [4.78, 5) is 34.2. The Morgan fingerprint density at radius 3 is 2.43 bits per heavy atom. The lowest BCUT2D eigenvalue weighted by Crippen LogP contribution is -2.86. The monoisotopic (exact) mass is 405 g/mol. The molecular weight excluding hydrogens is 378 g/mol. The van der Waals surface area contributed by atoms with Crippen LogP contribution in [0.5, 0.6) is 0 Å². The summed E-state index contributed by atoms with van der Waals surface area (Å²) >= 11 is 0. The Hall–Kier alpha value is -2.73. The van der Waals surface area contributed by atoms with Gasteiger partial charge < -0.3 is 14.9 Å². The van der Waals surface area contributed by atoms with E-state index in [4.69, 9.17) is 0 Å². The van der Waals surface area contributed by atoms with E-state index in [1.54, 1.807) is 24.5 Å². The molecule has 156 valence electrons. The number of hydrogen-bond donors (Lipinski definition) is 1. The van der Waals surface area contributed by atoms with Gasteiger partial charge in [-0.05, 0) is 30.5 Å². The van der Waals surface area contributed by atoms with Crippen LogP contribution in [0.4, 0.5) is 0 Å². The van der Waals surface area contributed by atoms with Crippen LogP contribution < -0.4 is 0 Å². The summed E-state index contributed by atoms with van der Waals surface area (Å²) in [6.45, 7) is 0.957. The van der Waals surface area contributed by atoms with E-state index < -0.39 is 5.54 Å². The number of pyridine rings is 1. The number of rotatable bonds is 4. The molecule has 2 aromatic rings. The molecule has 1 aliphatic carbocycles. The summed E-state index contributed by atoms with van der Waals surface area (Å²) in [5.41, 5.74) is 1.16. The number of benzene rings is 1. The second-order valence-electron chi connectivity index (χ2n) is 8.83. The van der Waals surface area contributed by atoms with Gasteiger partial charge in [-0.3, -0.25) is 14.6 Å². The van der Waals surface area contributed by atoms with Crippen molar-refractivity contribution in [1.29, 1.82) is 0 Å². The smallest absolute Gasteiger partial charge is 0.256 e. The second-order valence-corrected chi connectivity index (χ2v) is 8.83. The van der Waals surface area contributed by atoms with Crippen molar-refractivity contribution in [3.05, 3.63) is 66.0 Å². The van der Waals surface area contributed by atoms with Crippen LogP contribution in [0.25, 0.3) is 0 Å². The topological polar surface area (TPSA) is 73.7 Å². The Balaban J connectivity index is 1.45. The largest absolute Gasteiger partial charge is 0.394 e. The summed E-state index contributed by atoms with van der Waals surface area (Å²) in [5.74, 6) is 0.249. The maximum atomic E-state index is 13.4. The number of aliphatic hydroxyl groups excluding tert-OH is 1. The van der Waals surface area contributed by atoms with Gasteiger partial charge in [0.25, 0.3) is 5.91 Å². The fraction of sp³-hybridized carbons (Fsp3) is 0.458. The van der Waals surface area contributed by atoms with Gasteiger partial charge in [0.1, 0.15) is 0 Å². The minimum absolute atomic E-state index is 0.0111. The van der Waals surface area contributed by atoms with Gasteiger partial charge in [0, 0.05) is 37.3 Å². The van der Waals surface area contributed by atoms with Crippen LogP contribution in [0.1, 0.15) is 47.5 Å². The molecule has 0 bridgehead atoms. The average Bonchev–Trinajstić information content (AvgIpc) is 3.28. The molecule has 0 radical (unpaired) electrons. The molecule has 1 aromatic carbocycles. The minimum atomic E-state index is -0.462. The molecular formula is C24H27N3O3. The SMILES string of the molecule is O=C(C1CCCC1)N1CC2(C1)[C@@H](c1ccccc1)[C@@H](CO)N2C(=O)c1cccnc1. The zero-order valence-electron chi connectivity index (χ0n) is 17.0. The molecule has 6 heteroatoms. The van der Waals surface area contributed by atoms with Crippen LogP contribution in [-0.2, 0) is 4.79 Å².